The highest BCUT2D eigenvalue weighted by atomic mass is 32.2. The lowest BCUT2D eigenvalue weighted by molar-refractivity contribution is -0.142. The minimum Gasteiger partial charge on any atom is -0.447 e. The summed E-state index contributed by atoms with van der Waals surface area (Å²) in [7, 11) is 0. The molecule has 2 aromatic rings. The molecular weight excluding hydrogens is 300 g/mol. The average molecular weight is 316 g/mol. The highest BCUT2D eigenvalue weighted by Gasteiger charge is 2.15. The fourth-order valence-electron chi connectivity index (χ4n) is 1.86. The van der Waals surface area contributed by atoms with Crippen LogP contribution >= 0.6 is 11.8 Å². The first kappa shape index (κ1) is 16.0. The van der Waals surface area contributed by atoms with Gasteiger partial charge in [0.15, 0.2) is 17.1 Å². The van der Waals surface area contributed by atoms with Crippen LogP contribution in [0, 0.1) is 11.3 Å². The number of nitrogens with zero attached hydrogens (tertiary/aromatic N) is 4. The first-order chi connectivity index (χ1) is 10.7. The maximum atomic E-state index is 11.6. The molecule has 0 saturated carbocycles. The first-order valence-electron chi connectivity index (χ1n) is 6.86. The molecule has 22 heavy (non-hydrogen) atoms. The topological polar surface area (TPSA) is 80.8 Å². The van der Waals surface area contributed by atoms with E-state index in [4.69, 9.17) is 10.00 Å². The van der Waals surface area contributed by atoms with Crippen LogP contribution in [0.5, 0.6) is 0 Å². The molecule has 0 fully saturated rings. The summed E-state index contributed by atoms with van der Waals surface area (Å²) in [6.07, 6.45) is -0.739. The van der Waals surface area contributed by atoms with Gasteiger partial charge >= 0.3 is 5.97 Å². The van der Waals surface area contributed by atoms with Gasteiger partial charge in [0.05, 0.1) is 5.75 Å². The summed E-state index contributed by atoms with van der Waals surface area (Å²) < 4.78 is 6.85. The number of carbonyl (C=O) groups is 1. The molecule has 6 nitrogen and oxygen atoms in total. The standard InChI is InChI=1S/C15H16N4O2S/c1-3-19-14(12-7-5-4-6-8-12)17-18-15(19)22-10-13(20)21-11(2)9-16/h4-8,11H,3,10H2,1-2H3/t11-/m1/s1. The van der Waals surface area contributed by atoms with Gasteiger partial charge in [-0.1, -0.05) is 42.1 Å². The van der Waals surface area contributed by atoms with Gasteiger partial charge < -0.3 is 9.30 Å². The van der Waals surface area contributed by atoms with Crippen LogP contribution in [0.3, 0.4) is 0 Å². The number of esters is 1. The number of ether oxygens (including phenoxy) is 1. The van der Waals surface area contributed by atoms with Crippen molar-refractivity contribution in [3.8, 4) is 17.5 Å². The van der Waals surface area contributed by atoms with Gasteiger partial charge in [0.2, 0.25) is 0 Å². The Hall–Kier alpha value is -2.33. The molecule has 0 saturated heterocycles. The van der Waals surface area contributed by atoms with E-state index in [0.29, 0.717) is 11.7 Å². The number of benzene rings is 1. The number of hydrogen-bond acceptors (Lipinski definition) is 6. The van der Waals surface area contributed by atoms with Crippen molar-refractivity contribution in [3.63, 3.8) is 0 Å². The Morgan fingerprint density at radius 2 is 2.14 bits per heavy atom. The van der Waals surface area contributed by atoms with Crippen LogP contribution in [0.4, 0.5) is 0 Å². The predicted octanol–water partition coefficient (Wildman–Crippen LogP) is 2.51. The zero-order chi connectivity index (χ0) is 15.9. The van der Waals surface area contributed by atoms with E-state index in [-0.39, 0.29) is 5.75 Å². The third kappa shape index (κ3) is 3.86. The third-order valence-corrected chi connectivity index (χ3v) is 3.81. The molecule has 0 spiro atoms. The first-order valence-corrected chi connectivity index (χ1v) is 7.84. The largest absolute Gasteiger partial charge is 0.447 e. The normalized spacial score (nSPS) is 11.7. The van der Waals surface area contributed by atoms with E-state index in [1.807, 2.05) is 47.9 Å². The summed E-state index contributed by atoms with van der Waals surface area (Å²) in [6.45, 7) is 4.23. The highest BCUT2D eigenvalue weighted by molar-refractivity contribution is 7.99. The Labute approximate surface area is 133 Å². The van der Waals surface area contributed by atoms with Crippen molar-refractivity contribution < 1.29 is 9.53 Å². The number of carbonyl (C=O) groups excluding carboxylic acids is 1. The third-order valence-electron chi connectivity index (χ3n) is 2.87. The Morgan fingerprint density at radius 1 is 1.41 bits per heavy atom. The minimum absolute atomic E-state index is 0.0962. The number of aromatic nitrogens is 3. The van der Waals surface area contributed by atoms with Gasteiger partial charge in [-0.05, 0) is 13.8 Å². The van der Waals surface area contributed by atoms with E-state index in [1.54, 1.807) is 0 Å². The van der Waals surface area contributed by atoms with Crippen LogP contribution in [0.25, 0.3) is 11.4 Å². The number of rotatable bonds is 6. The van der Waals surface area contributed by atoms with Crippen molar-refractivity contribution in [1.29, 1.82) is 5.26 Å². The predicted molar refractivity (Wildman–Crippen MR) is 83.0 cm³/mol. The Morgan fingerprint density at radius 3 is 2.77 bits per heavy atom. The molecule has 1 aromatic carbocycles. The zero-order valence-corrected chi connectivity index (χ0v) is 13.2. The maximum absolute atomic E-state index is 11.6. The molecule has 0 aliphatic rings. The van der Waals surface area contributed by atoms with Gasteiger partial charge in [0.1, 0.15) is 6.07 Å². The molecular formula is C15H16N4O2S. The van der Waals surface area contributed by atoms with Crippen molar-refractivity contribution in [2.45, 2.75) is 31.7 Å². The molecule has 2 rings (SSSR count). The lowest BCUT2D eigenvalue weighted by Gasteiger charge is -2.08. The van der Waals surface area contributed by atoms with Crippen LogP contribution < -0.4 is 0 Å². The molecule has 114 valence electrons. The molecule has 0 aliphatic heterocycles. The van der Waals surface area contributed by atoms with Crippen molar-refractivity contribution in [3.05, 3.63) is 30.3 Å². The van der Waals surface area contributed by atoms with Gasteiger partial charge in [0.25, 0.3) is 0 Å². The smallest absolute Gasteiger partial charge is 0.317 e. The van der Waals surface area contributed by atoms with Gasteiger partial charge in [-0.15, -0.1) is 10.2 Å². The Kier molecular flexibility index (Phi) is 5.55. The summed E-state index contributed by atoms with van der Waals surface area (Å²) in [5.41, 5.74) is 0.976. The van der Waals surface area contributed by atoms with E-state index in [9.17, 15) is 4.79 Å². The second-order valence-electron chi connectivity index (χ2n) is 4.47. The number of nitriles is 1. The van der Waals surface area contributed by atoms with Crippen molar-refractivity contribution in [2.24, 2.45) is 0 Å². The van der Waals surface area contributed by atoms with Crippen molar-refractivity contribution in [2.75, 3.05) is 5.75 Å². The monoisotopic (exact) mass is 316 g/mol. The van der Waals surface area contributed by atoms with Crippen LogP contribution in [-0.4, -0.2) is 32.6 Å². The summed E-state index contributed by atoms with van der Waals surface area (Å²) in [5.74, 6) is 0.425. The quantitative estimate of drug-likeness (QED) is 0.601. The van der Waals surface area contributed by atoms with Crippen LogP contribution in [-0.2, 0) is 16.1 Å². The van der Waals surface area contributed by atoms with E-state index in [1.165, 1.54) is 18.7 Å². The summed E-state index contributed by atoms with van der Waals surface area (Å²) >= 11 is 1.25. The van der Waals surface area contributed by atoms with Gasteiger partial charge in [-0.3, -0.25) is 4.79 Å². The summed E-state index contributed by atoms with van der Waals surface area (Å²) in [4.78, 5) is 11.6. The van der Waals surface area contributed by atoms with Crippen molar-refractivity contribution in [1.82, 2.24) is 14.8 Å². The van der Waals surface area contributed by atoms with Crippen LogP contribution in [0.2, 0.25) is 0 Å². The fourth-order valence-corrected chi connectivity index (χ4v) is 2.65. The molecule has 0 radical (unpaired) electrons. The molecule has 1 heterocycles. The minimum atomic E-state index is -0.739. The zero-order valence-electron chi connectivity index (χ0n) is 12.4. The molecule has 0 N–H and O–H groups in total. The van der Waals surface area contributed by atoms with Crippen molar-refractivity contribution >= 4 is 17.7 Å². The maximum Gasteiger partial charge on any atom is 0.317 e. The lowest BCUT2D eigenvalue weighted by Crippen LogP contribution is -2.15. The molecule has 0 aliphatic carbocycles. The second-order valence-corrected chi connectivity index (χ2v) is 5.41. The number of thioether (sulfide) groups is 1. The van der Waals surface area contributed by atoms with Crippen LogP contribution in [0.1, 0.15) is 13.8 Å². The molecule has 0 bridgehead atoms. The average Bonchev–Trinajstić information content (AvgIpc) is 2.96. The Bertz CT molecular complexity index is 679. The van der Waals surface area contributed by atoms with Crippen LogP contribution in [0.15, 0.2) is 35.5 Å². The molecule has 1 aromatic heterocycles. The molecule has 0 unspecified atom stereocenters. The van der Waals surface area contributed by atoms with E-state index in [2.05, 4.69) is 10.2 Å². The lowest BCUT2D eigenvalue weighted by atomic mass is 10.2. The van der Waals surface area contributed by atoms with Gasteiger partial charge in [0, 0.05) is 12.1 Å². The SMILES string of the molecule is CCn1c(SCC(=O)O[C@H](C)C#N)nnc1-c1ccccc1. The summed E-state index contributed by atoms with van der Waals surface area (Å²) in [6, 6.07) is 11.6. The van der Waals surface area contributed by atoms with Gasteiger partial charge in [-0.2, -0.15) is 5.26 Å². The Balaban J connectivity index is 2.08. The van der Waals surface area contributed by atoms with Gasteiger partial charge in [-0.25, -0.2) is 0 Å². The molecule has 0 amide bonds. The number of hydrogen-bond donors (Lipinski definition) is 0. The van der Waals surface area contributed by atoms with E-state index in [0.717, 1.165) is 11.4 Å². The fraction of sp³-hybridized carbons (Fsp3) is 0.333. The highest BCUT2D eigenvalue weighted by Crippen LogP contribution is 2.23. The van der Waals surface area contributed by atoms with E-state index < -0.39 is 12.1 Å². The summed E-state index contributed by atoms with van der Waals surface area (Å²) in [5, 5.41) is 17.6. The molecule has 1 atom stereocenters. The second kappa shape index (κ2) is 7.61. The van der Waals surface area contributed by atoms with E-state index >= 15 is 0 Å². The molecule has 7 heteroatoms.